The number of likely N-dealkylation sites (N-methyl/N-ethyl adjacent to an activating group) is 1. The molecule has 1 aromatic heterocycles. The van der Waals surface area contributed by atoms with Gasteiger partial charge in [-0.15, -0.1) is 0 Å². The maximum atomic E-state index is 12.2. The average molecular weight is 325 g/mol. The highest BCUT2D eigenvalue weighted by Gasteiger charge is 2.24. The molecule has 0 bridgehead atoms. The van der Waals surface area contributed by atoms with Crippen LogP contribution in [0.2, 0.25) is 0 Å². The number of carbonyl (C=O) groups is 2. The Hall–Kier alpha value is -2.89. The Kier molecular flexibility index (Phi) is 4.74. The quantitative estimate of drug-likeness (QED) is 0.916. The number of hydrogen-bond acceptors (Lipinski definition) is 4. The number of nitrogens with one attached hydrogen (secondary N) is 1. The molecule has 0 saturated heterocycles. The summed E-state index contributed by atoms with van der Waals surface area (Å²) < 4.78 is 5.50. The Labute approximate surface area is 140 Å². The zero-order valence-corrected chi connectivity index (χ0v) is 13.5. The molecule has 0 atom stereocenters. The molecule has 2 amide bonds. The van der Waals surface area contributed by atoms with Crippen LogP contribution in [-0.4, -0.2) is 30.5 Å². The number of anilines is 2. The molecule has 0 unspecified atom stereocenters. The summed E-state index contributed by atoms with van der Waals surface area (Å²) in [5.74, 6) is 0.359. The van der Waals surface area contributed by atoms with Gasteiger partial charge in [-0.05, 0) is 36.6 Å². The summed E-state index contributed by atoms with van der Waals surface area (Å²) in [6, 6.07) is 9.26. The number of aromatic nitrogens is 1. The summed E-state index contributed by atoms with van der Waals surface area (Å²) in [4.78, 5) is 29.4. The smallest absolute Gasteiger partial charge is 0.264 e. The van der Waals surface area contributed by atoms with Crippen molar-refractivity contribution < 1.29 is 14.3 Å². The lowest BCUT2D eigenvalue weighted by Crippen LogP contribution is -2.35. The van der Waals surface area contributed by atoms with Gasteiger partial charge in [0.2, 0.25) is 5.91 Å². The third kappa shape index (κ3) is 3.53. The first-order valence-corrected chi connectivity index (χ1v) is 7.86. The maximum absolute atomic E-state index is 12.2. The third-order valence-electron chi connectivity index (χ3n) is 3.94. The van der Waals surface area contributed by atoms with Crippen LogP contribution in [-0.2, 0) is 16.0 Å². The molecule has 0 spiro atoms. The van der Waals surface area contributed by atoms with Crippen LogP contribution in [0.15, 0.2) is 42.7 Å². The number of fused-ring (bicyclic) bond motifs is 1. The number of nitrogens with zero attached hydrogens (tertiary/aromatic N) is 2. The van der Waals surface area contributed by atoms with Crippen LogP contribution in [0.25, 0.3) is 0 Å². The minimum Gasteiger partial charge on any atom is -0.479 e. The molecule has 1 aliphatic rings. The minimum absolute atomic E-state index is 0.0165. The van der Waals surface area contributed by atoms with Gasteiger partial charge >= 0.3 is 0 Å². The molecule has 0 radical (unpaired) electrons. The van der Waals surface area contributed by atoms with Crippen molar-refractivity contribution in [3.8, 4) is 5.75 Å². The van der Waals surface area contributed by atoms with Crippen LogP contribution >= 0.6 is 0 Å². The molecule has 24 heavy (non-hydrogen) atoms. The number of amides is 2. The van der Waals surface area contributed by atoms with E-state index in [2.05, 4.69) is 10.3 Å². The minimum atomic E-state index is -0.109. The highest BCUT2D eigenvalue weighted by Crippen LogP contribution is 2.37. The SMILES string of the molecule is CN1C(=O)COc2c(NC(=O)CCCc3cccnc3)cccc21. The van der Waals surface area contributed by atoms with Crippen LogP contribution in [0.1, 0.15) is 18.4 Å². The van der Waals surface area contributed by atoms with Gasteiger partial charge in [0.15, 0.2) is 12.4 Å². The largest absolute Gasteiger partial charge is 0.479 e. The summed E-state index contributed by atoms with van der Waals surface area (Å²) in [5, 5.41) is 2.87. The van der Waals surface area contributed by atoms with E-state index in [1.165, 1.54) is 4.90 Å². The molecular formula is C18H19N3O3. The molecule has 6 heteroatoms. The average Bonchev–Trinajstić information content (AvgIpc) is 2.59. The van der Waals surface area contributed by atoms with Crippen molar-refractivity contribution in [2.45, 2.75) is 19.3 Å². The van der Waals surface area contributed by atoms with Gasteiger partial charge in [0, 0.05) is 25.9 Å². The number of carbonyl (C=O) groups excluding carboxylic acids is 2. The Morgan fingerprint density at radius 3 is 3.00 bits per heavy atom. The highest BCUT2D eigenvalue weighted by molar-refractivity contribution is 6.01. The number of pyridine rings is 1. The summed E-state index contributed by atoms with van der Waals surface area (Å²) in [6.45, 7) is -0.0165. The van der Waals surface area contributed by atoms with E-state index in [1.54, 1.807) is 31.4 Å². The highest BCUT2D eigenvalue weighted by atomic mass is 16.5. The van der Waals surface area contributed by atoms with Crippen LogP contribution in [0.3, 0.4) is 0 Å². The second-order valence-electron chi connectivity index (χ2n) is 5.66. The first-order chi connectivity index (χ1) is 11.6. The molecule has 2 heterocycles. The molecule has 1 N–H and O–H groups in total. The van der Waals surface area contributed by atoms with E-state index in [0.29, 0.717) is 23.5 Å². The first kappa shape index (κ1) is 16.0. The monoisotopic (exact) mass is 325 g/mol. The third-order valence-corrected chi connectivity index (χ3v) is 3.94. The fourth-order valence-corrected chi connectivity index (χ4v) is 2.62. The molecular weight excluding hydrogens is 306 g/mol. The Morgan fingerprint density at radius 2 is 2.21 bits per heavy atom. The molecule has 1 aromatic carbocycles. The first-order valence-electron chi connectivity index (χ1n) is 7.86. The summed E-state index contributed by atoms with van der Waals surface area (Å²) in [7, 11) is 1.70. The molecule has 1 aliphatic heterocycles. The standard InChI is InChI=1S/C18H19N3O3/c1-21-15-8-3-7-14(18(15)24-12-17(21)23)20-16(22)9-2-5-13-6-4-10-19-11-13/h3-4,6-8,10-11H,2,5,9,12H2,1H3,(H,20,22). The van der Waals surface area contributed by atoms with Crippen molar-refractivity contribution >= 4 is 23.2 Å². The van der Waals surface area contributed by atoms with E-state index < -0.39 is 0 Å². The topological polar surface area (TPSA) is 71.5 Å². The second-order valence-corrected chi connectivity index (χ2v) is 5.66. The van der Waals surface area contributed by atoms with Crippen molar-refractivity contribution in [1.29, 1.82) is 0 Å². The predicted molar refractivity (Wildman–Crippen MR) is 91.2 cm³/mol. The summed E-state index contributed by atoms with van der Waals surface area (Å²) in [6.07, 6.45) is 5.50. The van der Waals surface area contributed by atoms with E-state index in [4.69, 9.17) is 4.74 Å². The second kappa shape index (κ2) is 7.12. The van der Waals surface area contributed by atoms with E-state index in [9.17, 15) is 9.59 Å². The fourth-order valence-electron chi connectivity index (χ4n) is 2.62. The molecule has 0 aliphatic carbocycles. The van der Waals surface area contributed by atoms with Crippen LogP contribution in [0, 0.1) is 0 Å². The molecule has 124 valence electrons. The maximum Gasteiger partial charge on any atom is 0.264 e. The van der Waals surface area contributed by atoms with Gasteiger partial charge in [0.05, 0.1) is 11.4 Å². The number of benzene rings is 1. The molecule has 3 rings (SSSR count). The number of hydrogen-bond donors (Lipinski definition) is 1. The number of para-hydroxylation sites is 1. The Balaban J connectivity index is 1.60. The lowest BCUT2D eigenvalue weighted by atomic mass is 10.1. The fraction of sp³-hybridized carbons (Fsp3) is 0.278. The van der Waals surface area contributed by atoms with Gasteiger partial charge in [-0.25, -0.2) is 0 Å². The summed E-state index contributed by atoms with van der Waals surface area (Å²) >= 11 is 0. The van der Waals surface area contributed by atoms with E-state index in [1.807, 2.05) is 18.3 Å². The van der Waals surface area contributed by atoms with E-state index in [-0.39, 0.29) is 18.4 Å². The predicted octanol–water partition coefficient (Wildman–Crippen LogP) is 2.40. The molecule has 6 nitrogen and oxygen atoms in total. The number of aryl methyl sites for hydroxylation is 1. The van der Waals surface area contributed by atoms with E-state index >= 15 is 0 Å². The van der Waals surface area contributed by atoms with Crippen LogP contribution < -0.4 is 15.0 Å². The van der Waals surface area contributed by atoms with Gasteiger partial charge in [-0.2, -0.15) is 0 Å². The van der Waals surface area contributed by atoms with Gasteiger partial charge in [-0.1, -0.05) is 12.1 Å². The molecule has 2 aromatic rings. The molecule has 0 fully saturated rings. The number of ether oxygens (including phenoxy) is 1. The zero-order valence-electron chi connectivity index (χ0n) is 13.5. The molecule has 0 saturated carbocycles. The van der Waals surface area contributed by atoms with Crippen molar-refractivity contribution in [2.75, 3.05) is 23.9 Å². The van der Waals surface area contributed by atoms with Gasteiger partial charge in [-0.3, -0.25) is 14.6 Å². The van der Waals surface area contributed by atoms with Gasteiger partial charge in [0.25, 0.3) is 5.91 Å². The Bertz CT molecular complexity index is 746. The Morgan fingerprint density at radius 1 is 1.33 bits per heavy atom. The number of rotatable bonds is 5. The van der Waals surface area contributed by atoms with Crippen molar-refractivity contribution in [3.05, 3.63) is 48.3 Å². The van der Waals surface area contributed by atoms with Crippen LogP contribution in [0.5, 0.6) is 5.75 Å². The van der Waals surface area contributed by atoms with E-state index in [0.717, 1.165) is 18.4 Å². The lowest BCUT2D eigenvalue weighted by Gasteiger charge is -2.27. The van der Waals surface area contributed by atoms with Gasteiger partial charge < -0.3 is 15.0 Å². The van der Waals surface area contributed by atoms with Crippen molar-refractivity contribution in [1.82, 2.24) is 4.98 Å². The zero-order chi connectivity index (χ0) is 16.9. The lowest BCUT2D eigenvalue weighted by molar-refractivity contribution is -0.121. The normalized spacial score (nSPS) is 13.2. The summed E-state index contributed by atoms with van der Waals surface area (Å²) in [5.41, 5.74) is 2.38. The van der Waals surface area contributed by atoms with Gasteiger partial charge in [0.1, 0.15) is 0 Å². The van der Waals surface area contributed by atoms with Crippen LogP contribution in [0.4, 0.5) is 11.4 Å². The van der Waals surface area contributed by atoms with Crippen molar-refractivity contribution in [2.24, 2.45) is 0 Å². The van der Waals surface area contributed by atoms with Crippen molar-refractivity contribution in [3.63, 3.8) is 0 Å².